The molecule has 0 bridgehead atoms. The number of carbonyl (C=O) groups excluding carboxylic acids is 1. The van der Waals surface area contributed by atoms with Gasteiger partial charge in [-0.1, -0.05) is 40.0 Å². The summed E-state index contributed by atoms with van der Waals surface area (Å²) in [7, 11) is 4.14. The highest BCUT2D eigenvalue weighted by Crippen LogP contribution is 2.16. The topological polar surface area (TPSA) is 58.4 Å². The molecule has 0 fully saturated rings. The van der Waals surface area contributed by atoms with Crippen LogP contribution in [0.5, 0.6) is 0 Å². The van der Waals surface area contributed by atoms with Gasteiger partial charge in [0.15, 0.2) is 0 Å². The molecule has 2 atom stereocenters. The number of hydrogen-bond acceptors (Lipinski definition) is 3. The standard InChI is InChI=1S/C14H31N3O/c1-6-9-12(15)14(18)16-10-13(17(4)5)11(7-2)8-3/h11-13H,6-10,15H2,1-5H3,(H,16,18)/t12-,13?/m1/s1. The Morgan fingerprint density at radius 3 is 2.17 bits per heavy atom. The Kier molecular flexibility index (Phi) is 9.02. The molecule has 0 saturated heterocycles. The Morgan fingerprint density at radius 1 is 1.22 bits per heavy atom. The zero-order chi connectivity index (χ0) is 14.1. The maximum atomic E-state index is 11.8. The molecule has 0 aromatic rings. The van der Waals surface area contributed by atoms with E-state index in [4.69, 9.17) is 5.73 Å². The van der Waals surface area contributed by atoms with Crippen LogP contribution in [0, 0.1) is 5.92 Å². The van der Waals surface area contributed by atoms with Crippen molar-refractivity contribution in [2.75, 3.05) is 20.6 Å². The van der Waals surface area contributed by atoms with Crippen LogP contribution in [-0.2, 0) is 4.79 Å². The van der Waals surface area contributed by atoms with E-state index in [1.165, 1.54) is 0 Å². The van der Waals surface area contributed by atoms with Crippen molar-refractivity contribution in [1.29, 1.82) is 0 Å². The summed E-state index contributed by atoms with van der Waals surface area (Å²) in [6.07, 6.45) is 3.97. The molecule has 18 heavy (non-hydrogen) atoms. The van der Waals surface area contributed by atoms with Crippen molar-refractivity contribution in [3.05, 3.63) is 0 Å². The van der Waals surface area contributed by atoms with Gasteiger partial charge in [-0.25, -0.2) is 0 Å². The van der Waals surface area contributed by atoms with Gasteiger partial charge in [0.25, 0.3) is 0 Å². The molecule has 0 aliphatic heterocycles. The number of hydrogen-bond donors (Lipinski definition) is 2. The number of carbonyl (C=O) groups is 1. The van der Waals surface area contributed by atoms with E-state index < -0.39 is 0 Å². The number of nitrogens with zero attached hydrogens (tertiary/aromatic N) is 1. The Labute approximate surface area is 112 Å². The molecule has 108 valence electrons. The lowest BCUT2D eigenvalue weighted by atomic mass is 9.93. The van der Waals surface area contributed by atoms with E-state index in [2.05, 4.69) is 38.2 Å². The van der Waals surface area contributed by atoms with Crippen LogP contribution in [0.4, 0.5) is 0 Å². The van der Waals surface area contributed by atoms with Gasteiger partial charge in [-0.2, -0.15) is 0 Å². The maximum Gasteiger partial charge on any atom is 0.236 e. The molecule has 0 aliphatic rings. The van der Waals surface area contributed by atoms with Gasteiger partial charge >= 0.3 is 0 Å². The lowest BCUT2D eigenvalue weighted by Crippen LogP contribution is -2.48. The van der Waals surface area contributed by atoms with E-state index in [1.807, 2.05) is 6.92 Å². The highest BCUT2D eigenvalue weighted by molar-refractivity contribution is 5.81. The van der Waals surface area contributed by atoms with Crippen LogP contribution < -0.4 is 11.1 Å². The van der Waals surface area contributed by atoms with E-state index >= 15 is 0 Å². The van der Waals surface area contributed by atoms with E-state index in [0.29, 0.717) is 18.5 Å². The third-order valence-electron chi connectivity index (χ3n) is 3.68. The summed E-state index contributed by atoms with van der Waals surface area (Å²) >= 11 is 0. The van der Waals surface area contributed by atoms with Gasteiger partial charge in [-0.15, -0.1) is 0 Å². The minimum absolute atomic E-state index is 0.0188. The Morgan fingerprint density at radius 2 is 1.78 bits per heavy atom. The van der Waals surface area contributed by atoms with Gasteiger partial charge in [-0.05, 0) is 26.4 Å². The second kappa shape index (κ2) is 9.34. The van der Waals surface area contributed by atoms with Crippen molar-refractivity contribution in [1.82, 2.24) is 10.2 Å². The van der Waals surface area contributed by atoms with Crippen molar-refractivity contribution in [3.63, 3.8) is 0 Å². The molecule has 0 aromatic carbocycles. The first-order valence-electron chi connectivity index (χ1n) is 7.17. The minimum atomic E-state index is -0.362. The van der Waals surface area contributed by atoms with Crippen molar-refractivity contribution < 1.29 is 4.79 Å². The number of likely N-dealkylation sites (N-methyl/N-ethyl adjacent to an activating group) is 1. The fourth-order valence-electron chi connectivity index (χ4n) is 2.38. The van der Waals surface area contributed by atoms with Crippen LogP contribution in [0.1, 0.15) is 46.5 Å². The summed E-state index contributed by atoms with van der Waals surface area (Å²) in [6, 6.07) is 0.0253. The monoisotopic (exact) mass is 257 g/mol. The number of nitrogens with one attached hydrogen (secondary N) is 1. The second-order valence-corrected chi connectivity index (χ2v) is 5.25. The fourth-order valence-corrected chi connectivity index (χ4v) is 2.38. The summed E-state index contributed by atoms with van der Waals surface area (Å²) in [5.41, 5.74) is 5.81. The molecular weight excluding hydrogens is 226 g/mol. The van der Waals surface area contributed by atoms with Crippen LogP contribution in [0.3, 0.4) is 0 Å². The zero-order valence-corrected chi connectivity index (χ0v) is 12.7. The lowest BCUT2D eigenvalue weighted by Gasteiger charge is -2.31. The molecule has 4 heteroatoms. The van der Waals surface area contributed by atoms with Gasteiger partial charge in [0.05, 0.1) is 6.04 Å². The summed E-state index contributed by atoms with van der Waals surface area (Å²) < 4.78 is 0. The second-order valence-electron chi connectivity index (χ2n) is 5.25. The molecule has 3 N–H and O–H groups in total. The molecular formula is C14H31N3O. The summed E-state index contributed by atoms with van der Waals surface area (Å²) in [5, 5.41) is 2.99. The first-order chi connectivity index (χ1) is 8.47. The van der Waals surface area contributed by atoms with E-state index in [1.54, 1.807) is 0 Å². The lowest BCUT2D eigenvalue weighted by molar-refractivity contribution is -0.122. The van der Waals surface area contributed by atoms with Gasteiger partial charge < -0.3 is 16.0 Å². The van der Waals surface area contributed by atoms with Crippen LogP contribution in [0.2, 0.25) is 0 Å². The molecule has 0 saturated carbocycles. The maximum absolute atomic E-state index is 11.8. The molecule has 4 nitrogen and oxygen atoms in total. The van der Waals surface area contributed by atoms with E-state index in [-0.39, 0.29) is 11.9 Å². The largest absolute Gasteiger partial charge is 0.353 e. The number of nitrogens with two attached hydrogens (primary N) is 1. The third kappa shape index (κ3) is 5.83. The first-order valence-corrected chi connectivity index (χ1v) is 7.17. The number of rotatable bonds is 9. The zero-order valence-electron chi connectivity index (χ0n) is 12.7. The molecule has 1 amide bonds. The van der Waals surface area contributed by atoms with Gasteiger partial charge in [-0.3, -0.25) is 4.79 Å². The Bertz CT molecular complexity index is 227. The molecule has 0 radical (unpaired) electrons. The predicted octanol–water partition coefficient (Wildman–Crippen LogP) is 1.60. The van der Waals surface area contributed by atoms with Gasteiger partial charge in [0, 0.05) is 12.6 Å². The normalized spacial score (nSPS) is 14.9. The average molecular weight is 257 g/mol. The van der Waals surface area contributed by atoms with Gasteiger partial charge in [0.2, 0.25) is 5.91 Å². The predicted molar refractivity (Wildman–Crippen MR) is 77.4 cm³/mol. The van der Waals surface area contributed by atoms with Crippen molar-refractivity contribution in [3.8, 4) is 0 Å². The Balaban J connectivity index is 4.31. The highest BCUT2D eigenvalue weighted by atomic mass is 16.2. The summed E-state index contributed by atoms with van der Waals surface area (Å²) in [5.74, 6) is 0.595. The summed E-state index contributed by atoms with van der Waals surface area (Å²) in [4.78, 5) is 14.0. The molecule has 0 heterocycles. The average Bonchev–Trinajstić information content (AvgIpc) is 2.33. The van der Waals surface area contributed by atoms with Gasteiger partial charge in [0.1, 0.15) is 0 Å². The summed E-state index contributed by atoms with van der Waals surface area (Å²) in [6.45, 7) is 7.14. The van der Waals surface area contributed by atoms with E-state index in [9.17, 15) is 4.79 Å². The third-order valence-corrected chi connectivity index (χ3v) is 3.68. The minimum Gasteiger partial charge on any atom is -0.353 e. The number of amides is 1. The van der Waals surface area contributed by atoms with Crippen LogP contribution in [0.25, 0.3) is 0 Å². The van der Waals surface area contributed by atoms with Crippen molar-refractivity contribution >= 4 is 5.91 Å². The smallest absolute Gasteiger partial charge is 0.236 e. The van der Waals surface area contributed by atoms with Crippen LogP contribution >= 0.6 is 0 Å². The van der Waals surface area contributed by atoms with E-state index in [0.717, 1.165) is 25.7 Å². The highest BCUT2D eigenvalue weighted by Gasteiger charge is 2.22. The van der Waals surface area contributed by atoms with Crippen molar-refractivity contribution in [2.24, 2.45) is 11.7 Å². The molecule has 0 aliphatic carbocycles. The quantitative estimate of drug-likeness (QED) is 0.659. The fraction of sp³-hybridized carbons (Fsp3) is 0.929. The Hall–Kier alpha value is -0.610. The first kappa shape index (κ1) is 17.4. The van der Waals surface area contributed by atoms with Crippen LogP contribution in [-0.4, -0.2) is 43.5 Å². The molecule has 0 aromatic heterocycles. The van der Waals surface area contributed by atoms with Crippen molar-refractivity contribution in [2.45, 2.75) is 58.5 Å². The molecule has 0 rings (SSSR count). The molecule has 1 unspecified atom stereocenters. The molecule has 0 spiro atoms. The SMILES string of the molecule is CCC[C@@H](N)C(=O)NCC(C(CC)CC)N(C)C. The van der Waals surface area contributed by atoms with Crippen LogP contribution in [0.15, 0.2) is 0 Å².